The van der Waals surface area contributed by atoms with Crippen LogP contribution in [0, 0.1) is 13.8 Å². The Morgan fingerprint density at radius 1 is 0.483 bits per heavy atom. The fraction of sp³-hybridized carbons (Fsp3) is 0.103. The van der Waals surface area contributed by atoms with Gasteiger partial charge in [0, 0.05) is 0 Å². The lowest BCUT2D eigenvalue weighted by Gasteiger charge is -2.06. The van der Waals surface area contributed by atoms with Crippen molar-refractivity contribution >= 4 is 6.08 Å². The Balaban J connectivity index is 1.42. The fourth-order valence-corrected chi connectivity index (χ4v) is 3.44. The van der Waals surface area contributed by atoms with Crippen LogP contribution in [0.15, 0.2) is 103 Å². The van der Waals surface area contributed by atoms with Gasteiger partial charge in [-0.05, 0) is 53.6 Å². The van der Waals surface area contributed by atoms with Crippen molar-refractivity contribution in [1.82, 2.24) is 0 Å². The van der Waals surface area contributed by atoms with Gasteiger partial charge in [0.25, 0.3) is 0 Å². The summed E-state index contributed by atoms with van der Waals surface area (Å²) >= 11 is 0. The Kier molecular flexibility index (Phi) is 5.72. The molecule has 0 aromatic heterocycles. The van der Waals surface area contributed by atoms with Crippen LogP contribution >= 0.6 is 0 Å². The highest BCUT2D eigenvalue weighted by Gasteiger charge is 2.01. The molecule has 0 radical (unpaired) electrons. The Morgan fingerprint density at radius 3 is 1.34 bits per heavy atom. The fourth-order valence-electron chi connectivity index (χ4n) is 3.44. The Bertz CT molecular complexity index is 1080. The molecule has 0 fully saturated rings. The summed E-state index contributed by atoms with van der Waals surface area (Å²) in [5.74, 6) is 0. The van der Waals surface area contributed by atoms with Gasteiger partial charge in [-0.15, -0.1) is 0 Å². The Morgan fingerprint density at radius 2 is 0.862 bits per heavy atom. The molecule has 0 saturated carbocycles. The van der Waals surface area contributed by atoms with E-state index in [-0.39, 0.29) is 0 Å². The van der Waals surface area contributed by atoms with Crippen LogP contribution in [-0.4, -0.2) is 0 Å². The number of hydrogen-bond donors (Lipinski definition) is 0. The number of hydrogen-bond acceptors (Lipinski definition) is 0. The molecule has 142 valence electrons. The summed E-state index contributed by atoms with van der Waals surface area (Å²) in [5.41, 5.74) is 10.2. The normalized spacial score (nSPS) is 11.1. The van der Waals surface area contributed by atoms with E-state index in [0.717, 1.165) is 6.42 Å². The molecule has 4 rings (SSSR count). The van der Waals surface area contributed by atoms with Crippen LogP contribution in [0.4, 0.5) is 0 Å². The zero-order valence-corrected chi connectivity index (χ0v) is 17.1. The van der Waals surface area contributed by atoms with Crippen LogP contribution in [0.1, 0.15) is 22.3 Å². The lowest BCUT2D eigenvalue weighted by molar-refractivity contribution is 1.26. The van der Waals surface area contributed by atoms with Gasteiger partial charge in [0.1, 0.15) is 0 Å². The van der Waals surface area contributed by atoms with Gasteiger partial charge in [-0.3, -0.25) is 0 Å². The Hall–Kier alpha value is -3.38. The average molecular weight is 375 g/mol. The maximum absolute atomic E-state index is 2.23. The van der Waals surface area contributed by atoms with Crippen molar-refractivity contribution in [2.45, 2.75) is 20.3 Å². The first kappa shape index (κ1) is 19.0. The molecule has 0 bridgehead atoms. The smallest absolute Gasteiger partial charge is 0.00941 e. The molecule has 0 unspecified atom stereocenters. The lowest BCUT2D eigenvalue weighted by atomic mass is 9.99. The predicted octanol–water partition coefficient (Wildman–Crippen LogP) is 7.89. The summed E-state index contributed by atoms with van der Waals surface area (Å²) < 4.78 is 0. The summed E-state index contributed by atoms with van der Waals surface area (Å²) in [4.78, 5) is 0. The first-order valence-electron chi connectivity index (χ1n) is 10.2. The van der Waals surface area contributed by atoms with E-state index < -0.39 is 0 Å². The standard InChI is InChI=1S/C29H26/c1-22-6-10-24(11-7-22)4-3-5-25-12-16-27(17-13-25)29-20-18-28(19-21-29)26-14-8-23(2)9-15-26/h3,5-21H,4H2,1-2H3. The highest BCUT2D eigenvalue weighted by molar-refractivity contribution is 5.71. The van der Waals surface area contributed by atoms with Crippen LogP contribution in [0.5, 0.6) is 0 Å². The number of allylic oxidation sites excluding steroid dienone is 1. The second-order valence-electron chi connectivity index (χ2n) is 7.66. The summed E-state index contributed by atoms with van der Waals surface area (Å²) in [6.45, 7) is 4.24. The van der Waals surface area contributed by atoms with Crippen molar-refractivity contribution in [3.63, 3.8) is 0 Å². The van der Waals surface area contributed by atoms with E-state index in [4.69, 9.17) is 0 Å². The highest BCUT2D eigenvalue weighted by atomic mass is 14.1. The summed E-state index contributed by atoms with van der Waals surface area (Å²) in [7, 11) is 0. The second kappa shape index (κ2) is 8.75. The second-order valence-corrected chi connectivity index (χ2v) is 7.66. The topological polar surface area (TPSA) is 0 Å². The van der Waals surface area contributed by atoms with Gasteiger partial charge >= 0.3 is 0 Å². The molecule has 0 amide bonds. The van der Waals surface area contributed by atoms with Gasteiger partial charge in [0.2, 0.25) is 0 Å². The largest absolute Gasteiger partial charge is 0.0795 e. The van der Waals surface area contributed by atoms with Gasteiger partial charge in [-0.1, -0.05) is 120 Å². The summed E-state index contributed by atoms with van der Waals surface area (Å²) in [5, 5.41) is 0. The first-order valence-corrected chi connectivity index (χ1v) is 10.2. The molecule has 4 aromatic carbocycles. The van der Waals surface area contributed by atoms with Crippen LogP contribution < -0.4 is 0 Å². The van der Waals surface area contributed by atoms with Crippen LogP contribution in [0.3, 0.4) is 0 Å². The van der Waals surface area contributed by atoms with E-state index >= 15 is 0 Å². The number of rotatable bonds is 5. The van der Waals surface area contributed by atoms with Gasteiger partial charge in [-0.2, -0.15) is 0 Å². The molecule has 0 heterocycles. The number of aryl methyl sites for hydroxylation is 2. The lowest BCUT2D eigenvalue weighted by Crippen LogP contribution is -1.82. The molecular weight excluding hydrogens is 348 g/mol. The summed E-state index contributed by atoms with van der Waals surface area (Å²) in [6, 6.07) is 35.0. The Labute approximate surface area is 174 Å². The zero-order chi connectivity index (χ0) is 20.1. The average Bonchev–Trinajstić information content (AvgIpc) is 2.76. The van der Waals surface area contributed by atoms with Crippen LogP contribution in [-0.2, 0) is 6.42 Å². The van der Waals surface area contributed by atoms with E-state index in [0.29, 0.717) is 0 Å². The third-order valence-electron chi connectivity index (χ3n) is 5.30. The molecule has 0 saturated heterocycles. The van der Waals surface area contributed by atoms with Crippen molar-refractivity contribution in [1.29, 1.82) is 0 Å². The minimum atomic E-state index is 0.961. The van der Waals surface area contributed by atoms with Crippen LogP contribution in [0.25, 0.3) is 28.3 Å². The molecule has 4 aromatic rings. The highest BCUT2D eigenvalue weighted by Crippen LogP contribution is 2.25. The van der Waals surface area contributed by atoms with E-state index in [1.807, 2.05) is 0 Å². The van der Waals surface area contributed by atoms with Gasteiger partial charge in [0.15, 0.2) is 0 Å². The van der Waals surface area contributed by atoms with Crippen molar-refractivity contribution in [3.8, 4) is 22.3 Å². The molecule has 0 spiro atoms. The quantitative estimate of drug-likeness (QED) is 0.333. The molecule has 0 atom stereocenters. The van der Waals surface area contributed by atoms with Crippen molar-refractivity contribution in [3.05, 3.63) is 125 Å². The molecule has 0 aliphatic rings. The van der Waals surface area contributed by atoms with Crippen molar-refractivity contribution < 1.29 is 0 Å². The van der Waals surface area contributed by atoms with E-state index in [1.165, 1.54) is 44.5 Å². The maximum atomic E-state index is 2.23. The van der Waals surface area contributed by atoms with E-state index in [9.17, 15) is 0 Å². The minimum Gasteiger partial charge on any atom is -0.0795 e. The monoisotopic (exact) mass is 374 g/mol. The van der Waals surface area contributed by atoms with Gasteiger partial charge in [-0.25, -0.2) is 0 Å². The third-order valence-corrected chi connectivity index (χ3v) is 5.30. The zero-order valence-electron chi connectivity index (χ0n) is 17.1. The SMILES string of the molecule is Cc1ccc(CC=Cc2ccc(-c3ccc(-c4ccc(C)cc4)cc3)cc2)cc1. The molecule has 0 nitrogen and oxygen atoms in total. The first-order chi connectivity index (χ1) is 14.2. The molecule has 0 aliphatic heterocycles. The van der Waals surface area contributed by atoms with E-state index in [1.54, 1.807) is 0 Å². The van der Waals surface area contributed by atoms with E-state index in [2.05, 4.69) is 123 Å². The van der Waals surface area contributed by atoms with Crippen molar-refractivity contribution in [2.24, 2.45) is 0 Å². The molecule has 0 aliphatic carbocycles. The molecule has 0 heteroatoms. The van der Waals surface area contributed by atoms with Gasteiger partial charge in [0.05, 0.1) is 0 Å². The number of benzene rings is 4. The molecule has 29 heavy (non-hydrogen) atoms. The van der Waals surface area contributed by atoms with Crippen LogP contribution in [0.2, 0.25) is 0 Å². The summed E-state index contributed by atoms with van der Waals surface area (Å²) in [6.07, 6.45) is 5.39. The molecule has 0 N–H and O–H groups in total. The molecular formula is C29H26. The van der Waals surface area contributed by atoms with Gasteiger partial charge < -0.3 is 0 Å². The minimum absolute atomic E-state index is 0.961. The van der Waals surface area contributed by atoms with Crippen molar-refractivity contribution in [2.75, 3.05) is 0 Å². The predicted molar refractivity (Wildman–Crippen MR) is 126 cm³/mol. The maximum Gasteiger partial charge on any atom is -0.00941 e. The third kappa shape index (κ3) is 4.92.